The van der Waals surface area contributed by atoms with E-state index in [1.54, 1.807) is 21.9 Å². The maximum Gasteiger partial charge on any atom is 0.410 e. The minimum atomic E-state index is -0.732. The van der Waals surface area contributed by atoms with E-state index in [1.807, 2.05) is 41.5 Å². The Kier molecular flexibility index (Phi) is 9.65. The first-order valence-electron chi connectivity index (χ1n) is 15.9. The number of hydrogen-bond donors (Lipinski definition) is 1. The highest BCUT2D eigenvalue weighted by Crippen LogP contribution is 2.37. The van der Waals surface area contributed by atoms with E-state index in [2.05, 4.69) is 10.3 Å². The molecule has 0 radical (unpaired) electrons. The van der Waals surface area contributed by atoms with Crippen molar-refractivity contribution in [1.82, 2.24) is 20.1 Å². The molecule has 13 heteroatoms. The summed E-state index contributed by atoms with van der Waals surface area (Å²) in [7, 11) is 0. The van der Waals surface area contributed by atoms with Gasteiger partial charge in [-0.05, 0) is 91.5 Å². The number of nitrogens with zero attached hydrogens (tertiary/aromatic N) is 4. The van der Waals surface area contributed by atoms with Crippen LogP contribution < -0.4 is 0 Å². The number of carbonyl (C=O) groups excluding carboxylic acids is 2. The van der Waals surface area contributed by atoms with Gasteiger partial charge in [0, 0.05) is 54.9 Å². The van der Waals surface area contributed by atoms with Crippen molar-refractivity contribution in [3.8, 4) is 5.75 Å². The van der Waals surface area contributed by atoms with Crippen LogP contribution in [0.25, 0.3) is 21.9 Å². The van der Waals surface area contributed by atoms with E-state index in [9.17, 15) is 23.5 Å². The number of ether oxygens (including phenoxy) is 2. The number of rotatable bonds is 2. The van der Waals surface area contributed by atoms with Crippen molar-refractivity contribution < 1.29 is 42.0 Å². The monoisotopic (exact) mass is 656 g/mol. The van der Waals surface area contributed by atoms with Crippen LogP contribution in [0.15, 0.2) is 39.4 Å². The van der Waals surface area contributed by atoms with E-state index in [0.29, 0.717) is 55.7 Å². The standard InChI is InChI=1S/C17H21FN2O4.C17H21FN2O3/c1-17(2,3)23-16(22)20-8-6-10(7-9-20)13-11-4-5-12(18)14(21)15(11)24-19-13;1-17(2,3)22-16(21)20-8-6-11(7-9-20)15-13-5-4-12(18)10-14(13)23-19-15/h4-5,10,21H,6-9H2,1-3H3;4-5,10-11H,6-9H2,1-3H3. The lowest BCUT2D eigenvalue weighted by atomic mass is 9.92. The zero-order valence-electron chi connectivity index (χ0n) is 27.6. The number of piperidine rings is 2. The third-order valence-electron chi connectivity index (χ3n) is 8.12. The van der Waals surface area contributed by atoms with Crippen LogP contribution in [0.4, 0.5) is 18.4 Å². The summed E-state index contributed by atoms with van der Waals surface area (Å²) >= 11 is 0. The number of benzene rings is 2. The normalized spacial score (nSPS) is 16.7. The van der Waals surface area contributed by atoms with E-state index in [4.69, 9.17) is 18.5 Å². The molecule has 2 aliphatic rings. The number of aromatic hydroxyl groups is 1. The Hall–Kier alpha value is -4.42. The zero-order chi connectivity index (χ0) is 34.1. The highest BCUT2D eigenvalue weighted by atomic mass is 19.1. The van der Waals surface area contributed by atoms with E-state index in [0.717, 1.165) is 23.9 Å². The quantitative estimate of drug-likeness (QED) is 0.229. The van der Waals surface area contributed by atoms with Gasteiger partial charge in [0.25, 0.3) is 0 Å². The van der Waals surface area contributed by atoms with E-state index in [1.165, 1.54) is 18.2 Å². The SMILES string of the molecule is CC(C)(C)OC(=O)N1CCC(c2noc3c(O)c(F)ccc23)CC1.CC(C)(C)OC(=O)N1CCC(c2noc3cc(F)ccc23)CC1. The van der Waals surface area contributed by atoms with Gasteiger partial charge in [0.05, 0.1) is 11.4 Å². The molecule has 0 unspecified atom stereocenters. The lowest BCUT2D eigenvalue weighted by Crippen LogP contribution is -2.41. The molecule has 2 aromatic carbocycles. The number of fused-ring (bicyclic) bond motifs is 2. The van der Waals surface area contributed by atoms with E-state index >= 15 is 0 Å². The molecule has 0 saturated carbocycles. The molecule has 2 aliphatic heterocycles. The maximum absolute atomic E-state index is 13.4. The Morgan fingerprint density at radius 2 is 1.23 bits per heavy atom. The first kappa shape index (κ1) is 33.9. The third-order valence-corrected chi connectivity index (χ3v) is 8.12. The number of phenolic OH excluding ortho intramolecular Hbond substituents is 1. The zero-order valence-corrected chi connectivity index (χ0v) is 27.6. The summed E-state index contributed by atoms with van der Waals surface area (Å²) in [6, 6.07) is 7.24. The van der Waals surface area contributed by atoms with Gasteiger partial charge in [0.2, 0.25) is 5.58 Å². The van der Waals surface area contributed by atoms with Gasteiger partial charge in [-0.25, -0.2) is 18.4 Å². The molecule has 0 atom stereocenters. The number of carbonyl (C=O) groups is 2. The molecule has 1 N–H and O–H groups in total. The van der Waals surface area contributed by atoms with Gasteiger partial charge >= 0.3 is 12.2 Å². The van der Waals surface area contributed by atoms with Crippen LogP contribution in [0.3, 0.4) is 0 Å². The second-order valence-electron chi connectivity index (χ2n) is 14.0. The van der Waals surface area contributed by atoms with Gasteiger partial charge in [0.1, 0.15) is 17.0 Å². The third kappa shape index (κ3) is 8.12. The molecule has 4 heterocycles. The van der Waals surface area contributed by atoms with Crippen molar-refractivity contribution >= 4 is 34.1 Å². The van der Waals surface area contributed by atoms with Crippen LogP contribution in [0, 0.1) is 11.6 Å². The first-order chi connectivity index (χ1) is 22.1. The molecular weight excluding hydrogens is 614 g/mol. The smallest absolute Gasteiger partial charge is 0.410 e. The Morgan fingerprint density at radius 1 is 0.766 bits per heavy atom. The largest absolute Gasteiger partial charge is 0.502 e. The second-order valence-corrected chi connectivity index (χ2v) is 14.0. The fraction of sp³-hybridized carbons (Fsp3) is 0.529. The van der Waals surface area contributed by atoms with Gasteiger partial charge in [-0.2, -0.15) is 0 Å². The molecule has 0 aliphatic carbocycles. The molecule has 254 valence electrons. The molecule has 11 nitrogen and oxygen atoms in total. The molecule has 4 aromatic rings. The summed E-state index contributed by atoms with van der Waals surface area (Å²) < 4.78 is 47.7. The molecule has 2 fully saturated rings. The van der Waals surface area contributed by atoms with Crippen molar-refractivity contribution in [2.45, 2.75) is 90.3 Å². The average Bonchev–Trinajstić information content (AvgIpc) is 3.62. The lowest BCUT2D eigenvalue weighted by molar-refractivity contribution is 0.0193. The Morgan fingerprint density at radius 3 is 1.74 bits per heavy atom. The number of amides is 2. The summed E-state index contributed by atoms with van der Waals surface area (Å²) in [6.07, 6.45) is 2.41. The highest BCUT2D eigenvalue weighted by molar-refractivity contribution is 5.85. The minimum Gasteiger partial charge on any atom is -0.502 e. The Bertz CT molecular complexity index is 1720. The Balaban J connectivity index is 0.000000185. The van der Waals surface area contributed by atoms with Gasteiger partial charge in [-0.3, -0.25) is 0 Å². The number of hydrogen-bond acceptors (Lipinski definition) is 9. The van der Waals surface area contributed by atoms with Gasteiger partial charge in [-0.15, -0.1) is 0 Å². The van der Waals surface area contributed by atoms with Crippen LogP contribution in [0.5, 0.6) is 5.75 Å². The van der Waals surface area contributed by atoms with E-state index < -0.39 is 22.8 Å². The number of likely N-dealkylation sites (tertiary alicyclic amines) is 2. The predicted molar refractivity (Wildman–Crippen MR) is 169 cm³/mol. The van der Waals surface area contributed by atoms with Crippen molar-refractivity contribution in [2.24, 2.45) is 0 Å². The predicted octanol–water partition coefficient (Wildman–Crippen LogP) is 7.87. The van der Waals surface area contributed by atoms with Crippen molar-refractivity contribution in [3.63, 3.8) is 0 Å². The fourth-order valence-corrected chi connectivity index (χ4v) is 5.83. The van der Waals surface area contributed by atoms with Crippen LogP contribution in [0.2, 0.25) is 0 Å². The molecule has 2 saturated heterocycles. The maximum atomic E-state index is 13.4. The summed E-state index contributed by atoms with van der Waals surface area (Å²) in [5.41, 5.74) is 1.08. The van der Waals surface area contributed by atoms with Crippen molar-refractivity contribution in [1.29, 1.82) is 0 Å². The summed E-state index contributed by atoms with van der Waals surface area (Å²) in [5.74, 6) is -1.28. The number of halogens is 2. The molecular formula is C34H42F2N4O7. The molecule has 0 spiro atoms. The van der Waals surface area contributed by atoms with Crippen LogP contribution in [0.1, 0.15) is 90.4 Å². The van der Waals surface area contributed by atoms with Crippen LogP contribution in [-0.2, 0) is 9.47 Å². The number of aromatic nitrogens is 2. The number of phenols is 1. The van der Waals surface area contributed by atoms with Crippen molar-refractivity contribution in [2.75, 3.05) is 26.2 Å². The van der Waals surface area contributed by atoms with Crippen LogP contribution in [-0.4, -0.2) is 74.8 Å². The minimum absolute atomic E-state index is 0.0690. The lowest BCUT2D eigenvalue weighted by Gasteiger charge is -2.32. The molecule has 2 amide bonds. The topological polar surface area (TPSA) is 131 Å². The molecule has 2 aromatic heterocycles. The Labute approximate surface area is 271 Å². The van der Waals surface area contributed by atoms with Gasteiger partial charge in [0.15, 0.2) is 17.1 Å². The summed E-state index contributed by atoms with van der Waals surface area (Å²) in [4.78, 5) is 27.6. The second kappa shape index (κ2) is 13.4. The van der Waals surface area contributed by atoms with Crippen molar-refractivity contribution in [3.05, 3.63) is 53.4 Å². The van der Waals surface area contributed by atoms with E-state index in [-0.39, 0.29) is 35.4 Å². The highest BCUT2D eigenvalue weighted by Gasteiger charge is 2.31. The molecule has 0 bridgehead atoms. The van der Waals surface area contributed by atoms with Gasteiger partial charge < -0.3 is 33.4 Å². The fourth-order valence-electron chi connectivity index (χ4n) is 5.83. The molecule has 47 heavy (non-hydrogen) atoms. The summed E-state index contributed by atoms with van der Waals surface area (Å²) in [6.45, 7) is 13.4. The summed E-state index contributed by atoms with van der Waals surface area (Å²) in [5, 5.41) is 19.3. The van der Waals surface area contributed by atoms with Gasteiger partial charge in [-0.1, -0.05) is 10.3 Å². The van der Waals surface area contributed by atoms with Crippen LogP contribution >= 0.6 is 0 Å². The average molecular weight is 657 g/mol. The molecule has 6 rings (SSSR count). The first-order valence-corrected chi connectivity index (χ1v) is 15.9.